The second-order valence-electron chi connectivity index (χ2n) is 3.92. The van der Waals surface area contributed by atoms with Crippen molar-refractivity contribution < 1.29 is 9.90 Å². The summed E-state index contributed by atoms with van der Waals surface area (Å²) in [5, 5.41) is 9.21. The van der Waals surface area contributed by atoms with Crippen LogP contribution in [0.4, 0.5) is 0 Å². The van der Waals surface area contributed by atoms with E-state index >= 15 is 0 Å². The van der Waals surface area contributed by atoms with E-state index in [2.05, 4.69) is 0 Å². The van der Waals surface area contributed by atoms with Crippen LogP contribution in [-0.4, -0.2) is 29.6 Å². The summed E-state index contributed by atoms with van der Waals surface area (Å²) in [6.07, 6.45) is 3.63. The second-order valence-corrected chi connectivity index (χ2v) is 4.90. The van der Waals surface area contributed by atoms with Gasteiger partial charge in [0.05, 0.1) is 5.41 Å². The fraction of sp³-hybridized carbons (Fsp3) is 0.900. The van der Waals surface area contributed by atoms with Gasteiger partial charge in [0, 0.05) is 6.54 Å². The van der Waals surface area contributed by atoms with Gasteiger partial charge in [0.1, 0.15) is 0 Å². The zero-order valence-electron chi connectivity index (χ0n) is 9.25. The van der Waals surface area contributed by atoms with Gasteiger partial charge in [-0.15, -0.1) is 0 Å². The highest BCUT2D eigenvalue weighted by atomic mass is 32.2. The van der Waals surface area contributed by atoms with Gasteiger partial charge in [-0.2, -0.15) is 11.8 Å². The molecule has 0 aromatic carbocycles. The Kier molecular flexibility index (Phi) is 6.20. The molecule has 14 heavy (non-hydrogen) atoms. The first-order valence-corrected chi connectivity index (χ1v) is 6.33. The van der Waals surface area contributed by atoms with Crippen LogP contribution in [-0.2, 0) is 4.79 Å². The average molecular weight is 219 g/mol. The van der Waals surface area contributed by atoms with Crippen LogP contribution in [0.1, 0.15) is 26.7 Å². The van der Waals surface area contributed by atoms with Crippen LogP contribution in [0.2, 0.25) is 0 Å². The molecule has 0 radical (unpaired) electrons. The first kappa shape index (κ1) is 13.8. The molecule has 0 bridgehead atoms. The minimum Gasteiger partial charge on any atom is -0.481 e. The van der Waals surface area contributed by atoms with Crippen molar-refractivity contribution in [2.45, 2.75) is 26.7 Å². The zero-order chi connectivity index (χ0) is 11.2. The van der Waals surface area contributed by atoms with E-state index in [4.69, 9.17) is 5.73 Å². The zero-order valence-corrected chi connectivity index (χ0v) is 10.1. The van der Waals surface area contributed by atoms with E-state index in [9.17, 15) is 9.90 Å². The topological polar surface area (TPSA) is 63.3 Å². The van der Waals surface area contributed by atoms with Crippen LogP contribution in [0.5, 0.6) is 0 Å². The Balaban J connectivity index is 4.43. The van der Waals surface area contributed by atoms with Crippen LogP contribution >= 0.6 is 11.8 Å². The number of nitrogens with two attached hydrogens (primary N) is 1. The smallest absolute Gasteiger partial charge is 0.311 e. The Labute approximate surface area is 90.4 Å². The minimum absolute atomic E-state index is 0.0897. The van der Waals surface area contributed by atoms with E-state index in [-0.39, 0.29) is 12.5 Å². The average Bonchev–Trinajstić information content (AvgIpc) is 2.11. The van der Waals surface area contributed by atoms with Crippen LogP contribution in [0.15, 0.2) is 0 Å². The minimum atomic E-state index is -0.754. The molecule has 0 saturated carbocycles. The number of aliphatic carboxylic acids is 1. The molecule has 0 amide bonds. The van der Waals surface area contributed by atoms with Crippen molar-refractivity contribution in [3.05, 3.63) is 0 Å². The summed E-state index contributed by atoms with van der Waals surface area (Å²) in [7, 11) is 0. The maximum absolute atomic E-state index is 11.2. The van der Waals surface area contributed by atoms with Gasteiger partial charge in [-0.05, 0) is 30.8 Å². The van der Waals surface area contributed by atoms with Crippen molar-refractivity contribution in [3.8, 4) is 0 Å². The number of hydrogen-bond donors (Lipinski definition) is 2. The second kappa shape index (κ2) is 6.30. The van der Waals surface area contributed by atoms with Gasteiger partial charge in [0.25, 0.3) is 0 Å². The molecule has 3 nitrogen and oxygen atoms in total. The largest absolute Gasteiger partial charge is 0.481 e. The van der Waals surface area contributed by atoms with Gasteiger partial charge < -0.3 is 10.8 Å². The lowest BCUT2D eigenvalue weighted by atomic mass is 9.74. The standard InChI is InChI=1S/C10H21NO2S/c1-8(2)10(7-11,9(12)13)5-4-6-14-3/h8H,4-7,11H2,1-3H3,(H,12,13). The van der Waals surface area contributed by atoms with Crippen molar-refractivity contribution in [3.63, 3.8) is 0 Å². The Morgan fingerprint density at radius 3 is 2.43 bits per heavy atom. The highest BCUT2D eigenvalue weighted by Crippen LogP contribution is 2.32. The maximum atomic E-state index is 11.2. The van der Waals surface area contributed by atoms with Gasteiger partial charge in [0.15, 0.2) is 0 Å². The van der Waals surface area contributed by atoms with Gasteiger partial charge >= 0.3 is 5.97 Å². The summed E-state index contributed by atoms with van der Waals surface area (Å²) in [6.45, 7) is 4.09. The Morgan fingerprint density at radius 2 is 2.14 bits per heavy atom. The van der Waals surface area contributed by atoms with Gasteiger partial charge in [-0.1, -0.05) is 13.8 Å². The first-order chi connectivity index (χ1) is 6.51. The Bertz CT molecular complexity index is 185. The fourth-order valence-electron chi connectivity index (χ4n) is 1.60. The first-order valence-electron chi connectivity index (χ1n) is 4.93. The predicted molar refractivity (Wildman–Crippen MR) is 61.6 cm³/mol. The normalized spacial score (nSPS) is 15.5. The van der Waals surface area contributed by atoms with Crippen LogP contribution < -0.4 is 5.73 Å². The highest BCUT2D eigenvalue weighted by Gasteiger charge is 2.39. The van der Waals surface area contributed by atoms with Crippen LogP contribution in [0, 0.1) is 11.3 Å². The van der Waals surface area contributed by atoms with Crippen molar-refractivity contribution in [1.82, 2.24) is 0 Å². The van der Waals surface area contributed by atoms with Crippen molar-refractivity contribution in [2.75, 3.05) is 18.6 Å². The monoisotopic (exact) mass is 219 g/mol. The van der Waals surface area contributed by atoms with E-state index in [1.165, 1.54) is 0 Å². The molecule has 0 aliphatic rings. The molecule has 0 aliphatic carbocycles. The molecule has 0 heterocycles. The molecule has 1 unspecified atom stereocenters. The predicted octanol–water partition coefficient (Wildman–Crippen LogP) is 1.82. The fourth-order valence-corrected chi connectivity index (χ4v) is 2.03. The number of thioether (sulfide) groups is 1. The molecule has 4 heteroatoms. The molecule has 0 saturated heterocycles. The number of rotatable bonds is 7. The molecule has 0 aromatic heterocycles. The molecule has 0 aliphatic heterocycles. The number of carbonyl (C=O) groups is 1. The summed E-state index contributed by atoms with van der Waals surface area (Å²) < 4.78 is 0. The summed E-state index contributed by atoms with van der Waals surface area (Å²) in [6, 6.07) is 0. The highest BCUT2D eigenvalue weighted by molar-refractivity contribution is 7.98. The lowest BCUT2D eigenvalue weighted by Gasteiger charge is -2.31. The summed E-state index contributed by atoms with van der Waals surface area (Å²) in [5.74, 6) is 0.338. The Hall–Kier alpha value is -0.220. The molecule has 0 fully saturated rings. The van der Waals surface area contributed by atoms with Crippen molar-refractivity contribution >= 4 is 17.7 Å². The third-order valence-corrected chi connectivity index (χ3v) is 3.56. The third kappa shape index (κ3) is 3.17. The number of hydrogen-bond acceptors (Lipinski definition) is 3. The molecule has 3 N–H and O–H groups in total. The SMILES string of the molecule is CSCCCC(CN)(C(=O)O)C(C)C. The molecular formula is C10H21NO2S. The lowest BCUT2D eigenvalue weighted by molar-refractivity contribution is -0.151. The summed E-state index contributed by atoms with van der Waals surface area (Å²) in [5.41, 5.74) is 4.88. The number of carboxylic acids is 1. The molecule has 84 valence electrons. The molecule has 0 spiro atoms. The number of carboxylic acid groups (broad SMARTS) is 1. The molecule has 0 rings (SSSR count). The van der Waals surface area contributed by atoms with Crippen LogP contribution in [0.25, 0.3) is 0 Å². The van der Waals surface area contributed by atoms with Crippen molar-refractivity contribution in [1.29, 1.82) is 0 Å². The maximum Gasteiger partial charge on any atom is 0.311 e. The van der Waals surface area contributed by atoms with E-state index in [0.717, 1.165) is 12.2 Å². The van der Waals surface area contributed by atoms with Crippen molar-refractivity contribution in [2.24, 2.45) is 17.1 Å². The van der Waals surface area contributed by atoms with Gasteiger partial charge in [0.2, 0.25) is 0 Å². The summed E-state index contributed by atoms with van der Waals surface area (Å²) in [4.78, 5) is 11.2. The molecule has 1 atom stereocenters. The Morgan fingerprint density at radius 1 is 1.57 bits per heavy atom. The van der Waals surface area contributed by atoms with E-state index in [1.807, 2.05) is 20.1 Å². The van der Waals surface area contributed by atoms with Gasteiger partial charge in [-0.3, -0.25) is 4.79 Å². The third-order valence-electron chi connectivity index (χ3n) is 2.87. The van der Waals surface area contributed by atoms with Crippen LogP contribution in [0.3, 0.4) is 0 Å². The van der Waals surface area contributed by atoms with E-state index in [0.29, 0.717) is 6.42 Å². The quantitative estimate of drug-likeness (QED) is 0.641. The van der Waals surface area contributed by atoms with E-state index < -0.39 is 11.4 Å². The van der Waals surface area contributed by atoms with E-state index in [1.54, 1.807) is 11.8 Å². The summed E-state index contributed by atoms with van der Waals surface area (Å²) >= 11 is 1.74. The lowest BCUT2D eigenvalue weighted by Crippen LogP contribution is -2.43. The molecular weight excluding hydrogens is 198 g/mol. The molecule has 0 aromatic rings. The van der Waals surface area contributed by atoms with Gasteiger partial charge in [-0.25, -0.2) is 0 Å².